The lowest BCUT2D eigenvalue weighted by Gasteiger charge is -2.24. The van der Waals surface area contributed by atoms with E-state index in [0.29, 0.717) is 29.5 Å². The van der Waals surface area contributed by atoms with E-state index >= 15 is 0 Å². The van der Waals surface area contributed by atoms with E-state index in [4.69, 9.17) is 16.3 Å². The minimum Gasteiger partial charge on any atom is -0.497 e. The van der Waals surface area contributed by atoms with Gasteiger partial charge in [0.25, 0.3) is 10.0 Å². The Hall–Kier alpha value is -3.12. The van der Waals surface area contributed by atoms with Gasteiger partial charge in [-0.1, -0.05) is 30.5 Å². The topological polar surface area (TPSA) is 113 Å². The van der Waals surface area contributed by atoms with Crippen LogP contribution in [0.5, 0.6) is 5.75 Å². The molecule has 1 saturated heterocycles. The number of hydrogen-bond acceptors (Lipinski definition) is 6. The largest absolute Gasteiger partial charge is 0.497 e. The van der Waals surface area contributed by atoms with Crippen molar-refractivity contribution in [3.63, 3.8) is 0 Å². The van der Waals surface area contributed by atoms with Crippen LogP contribution >= 0.6 is 11.6 Å². The van der Waals surface area contributed by atoms with E-state index in [-0.39, 0.29) is 15.5 Å². The zero-order chi connectivity index (χ0) is 28.0. The first kappa shape index (κ1) is 28.9. The van der Waals surface area contributed by atoms with Gasteiger partial charge >= 0.3 is 0 Å². The summed E-state index contributed by atoms with van der Waals surface area (Å²) in [5.74, 6) is -0.127. The summed E-state index contributed by atoms with van der Waals surface area (Å²) >= 11 is 6.12. The number of carbonyl (C=O) groups is 1. The summed E-state index contributed by atoms with van der Waals surface area (Å²) in [6, 6.07) is 17.9. The number of halogens is 1. The SMILES string of the molecule is COc1ccc(S(=O)(=O)N(CC(=O)Nc2ccc(S(=O)(=O)N3CCCCCC3)cc2)c2cccc(Cl)c2)cc1. The molecule has 1 heterocycles. The summed E-state index contributed by atoms with van der Waals surface area (Å²) < 4.78 is 60.8. The Labute approximate surface area is 234 Å². The molecular formula is C27H30ClN3O6S2. The molecule has 1 fully saturated rings. The number of carbonyl (C=O) groups excluding carboxylic acids is 1. The van der Waals surface area contributed by atoms with Crippen LogP contribution in [0.4, 0.5) is 11.4 Å². The maximum Gasteiger partial charge on any atom is 0.264 e. The summed E-state index contributed by atoms with van der Waals surface area (Å²) in [5.41, 5.74) is 0.551. The van der Waals surface area contributed by atoms with Gasteiger partial charge in [0.2, 0.25) is 15.9 Å². The Morgan fingerprint density at radius 1 is 0.897 bits per heavy atom. The fourth-order valence-electron chi connectivity index (χ4n) is 4.29. The minimum absolute atomic E-state index is 0.0286. The molecule has 1 aliphatic heterocycles. The van der Waals surface area contributed by atoms with Crippen molar-refractivity contribution in [1.82, 2.24) is 4.31 Å². The van der Waals surface area contributed by atoms with Gasteiger partial charge in [-0.25, -0.2) is 16.8 Å². The van der Waals surface area contributed by atoms with Crippen LogP contribution in [0.25, 0.3) is 0 Å². The summed E-state index contributed by atoms with van der Waals surface area (Å²) in [5, 5.41) is 2.97. The third kappa shape index (κ3) is 6.91. The summed E-state index contributed by atoms with van der Waals surface area (Å²) in [6.07, 6.45) is 3.68. The number of nitrogens with zero attached hydrogens (tertiary/aromatic N) is 2. The molecule has 0 spiro atoms. The minimum atomic E-state index is -4.15. The van der Waals surface area contributed by atoms with Gasteiger partial charge in [0.1, 0.15) is 12.3 Å². The lowest BCUT2D eigenvalue weighted by Crippen LogP contribution is -2.38. The molecular weight excluding hydrogens is 562 g/mol. The van der Waals surface area contributed by atoms with Crippen molar-refractivity contribution in [3.05, 3.63) is 77.8 Å². The zero-order valence-electron chi connectivity index (χ0n) is 21.4. The van der Waals surface area contributed by atoms with Gasteiger partial charge in [0, 0.05) is 23.8 Å². The third-order valence-corrected chi connectivity index (χ3v) is 10.3. The van der Waals surface area contributed by atoms with Crippen LogP contribution in [0.15, 0.2) is 82.6 Å². The average Bonchev–Trinajstić information content (AvgIpc) is 3.22. The molecule has 9 nitrogen and oxygen atoms in total. The quantitative estimate of drug-likeness (QED) is 0.384. The number of anilines is 2. The summed E-state index contributed by atoms with van der Waals surface area (Å²) in [7, 11) is -6.31. The molecule has 0 bridgehead atoms. The smallest absolute Gasteiger partial charge is 0.264 e. The van der Waals surface area contributed by atoms with Gasteiger partial charge in [-0.05, 0) is 79.6 Å². The number of nitrogens with one attached hydrogen (secondary N) is 1. The lowest BCUT2D eigenvalue weighted by atomic mass is 10.2. The molecule has 1 aliphatic rings. The van der Waals surface area contributed by atoms with Crippen molar-refractivity contribution in [2.75, 3.05) is 36.4 Å². The summed E-state index contributed by atoms with van der Waals surface area (Å²) in [6.45, 7) is 0.439. The van der Waals surface area contributed by atoms with Gasteiger partial charge < -0.3 is 10.1 Å². The van der Waals surface area contributed by atoms with Crippen LogP contribution < -0.4 is 14.4 Å². The van der Waals surface area contributed by atoms with E-state index in [0.717, 1.165) is 30.0 Å². The van der Waals surface area contributed by atoms with Gasteiger partial charge in [-0.2, -0.15) is 4.31 Å². The molecule has 4 rings (SSSR count). The molecule has 39 heavy (non-hydrogen) atoms. The highest BCUT2D eigenvalue weighted by atomic mass is 35.5. The first-order valence-corrected chi connectivity index (χ1v) is 15.7. The van der Waals surface area contributed by atoms with Crippen LogP contribution in [0.1, 0.15) is 25.7 Å². The van der Waals surface area contributed by atoms with Gasteiger partial charge in [0.15, 0.2) is 0 Å². The Morgan fingerprint density at radius 2 is 1.51 bits per heavy atom. The molecule has 3 aromatic rings. The van der Waals surface area contributed by atoms with Crippen LogP contribution in [0.3, 0.4) is 0 Å². The van der Waals surface area contributed by atoms with Crippen molar-refractivity contribution < 1.29 is 26.4 Å². The highest BCUT2D eigenvalue weighted by molar-refractivity contribution is 7.92. The highest BCUT2D eigenvalue weighted by Gasteiger charge is 2.28. The van der Waals surface area contributed by atoms with Crippen molar-refractivity contribution in [2.24, 2.45) is 0 Å². The van der Waals surface area contributed by atoms with Crippen LogP contribution in [-0.2, 0) is 24.8 Å². The predicted molar refractivity (Wildman–Crippen MR) is 151 cm³/mol. The average molecular weight is 592 g/mol. The summed E-state index contributed by atoms with van der Waals surface area (Å²) in [4.78, 5) is 13.1. The van der Waals surface area contributed by atoms with E-state index in [1.165, 1.54) is 66.0 Å². The molecule has 0 radical (unpaired) electrons. The second-order valence-electron chi connectivity index (χ2n) is 9.06. The number of rotatable bonds is 9. The van der Waals surface area contributed by atoms with Crippen LogP contribution in [0.2, 0.25) is 5.02 Å². The molecule has 1 amide bonds. The maximum atomic E-state index is 13.6. The standard InChI is InChI=1S/C27H30ClN3O6S2/c1-37-24-11-15-26(16-12-24)39(35,36)31(23-8-6-7-21(28)19-23)20-27(32)29-22-9-13-25(14-10-22)38(33,34)30-17-4-2-3-5-18-30/h6-16,19H,2-5,17-18,20H2,1H3,(H,29,32). The lowest BCUT2D eigenvalue weighted by molar-refractivity contribution is -0.114. The molecule has 0 unspecified atom stereocenters. The Kier molecular flexibility index (Phi) is 9.16. The number of hydrogen-bond donors (Lipinski definition) is 1. The molecule has 12 heteroatoms. The van der Waals surface area contributed by atoms with Gasteiger partial charge in [-0.15, -0.1) is 0 Å². The zero-order valence-corrected chi connectivity index (χ0v) is 23.8. The Balaban J connectivity index is 1.54. The number of amides is 1. The molecule has 0 atom stereocenters. The van der Waals surface area contributed by atoms with E-state index in [1.807, 2.05) is 0 Å². The number of methoxy groups -OCH3 is 1. The van der Waals surface area contributed by atoms with E-state index < -0.39 is 32.5 Å². The Morgan fingerprint density at radius 3 is 2.10 bits per heavy atom. The maximum absolute atomic E-state index is 13.6. The molecule has 0 aromatic heterocycles. The third-order valence-electron chi connectivity index (χ3n) is 6.37. The molecule has 0 saturated carbocycles. The fourth-order valence-corrected chi connectivity index (χ4v) is 7.41. The van der Waals surface area contributed by atoms with E-state index in [2.05, 4.69) is 5.32 Å². The second-order valence-corrected chi connectivity index (χ2v) is 13.3. The van der Waals surface area contributed by atoms with Crippen molar-refractivity contribution in [3.8, 4) is 5.75 Å². The fraction of sp³-hybridized carbons (Fsp3) is 0.296. The van der Waals surface area contributed by atoms with Crippen molar-refractivity contribution >= 4 is 48.9 Å². The molecule has 1 N–H and O–H groups in total. The number of benzene rings is 3. The van der Waals surface area contributed by atoms with Gasteiger partial charge in [-0.3, -0.25) is 9.10 Å². The van der Waals surface area contributed by atoms with E-state index in [9.17, 15) is 21.6 Å². The van der Waals surface area contributed by atoms with E-state index in [1.54, 1.807) is 18.2 Å². The predicted octanol–water partition coefficient (Wildman–Crippen LogP) is 4.75. The van der Waals surface area contributed by atoms with Crippen LogP contribution in [0, 0.1) is 0 Å². The molecule has 0 aliphatic carbocycles. The Bertz CT molecular complexity index is 1500. The van der Waals surface area contributed by atoms with Crippen molar-refractivity contribution in [1.29, 1.82) is 0 Å². The number of ether oxygens (including phenoxy) is 1. The normalized spacial score (nSPS) is 14.8. The molecule has 208 valence electrons. The first-order valence-electron chi connectivity index (χ1n) is 12.4. The second kappa shape index (κ2) is 12.4. The molecule has 3 aromatic carbocycles. The highest BCUT2D eigenvalue weighted by Crippen LogP contribution is 2.28. The number of sulfonamides is 2. The van der Waals surface area contributed by atoms with Gasteiger partial charge in [0.05, 0.1) is 22.6 Å². The first-order chi connectivity index (χ1) is 18.6. The monoisotopic (exact) mass is 591 g/mol. The van der Waals surface area contributed by atoms with Crippen molar-refractivity contribution in [2.45, 2.75) is 35.5 Å². The van der Waals surface area contributed by atoms with Crippen LogP contribution in [-0.4, -0.2) is 53.8 Å².